The van der Waals surface area contributed by atoms with Crippen molar-refractivity contribution in [1.82, 2.24) is 10.3 Å². The summed E-state index contributed by atoms with van der Waals surface area (Å²) < 4.78 is 5.76. The second-order valence-electron chi connectivity index (χ2n) is 5.40. The van der Waals surface area contributed by atoms with E-state index in [1.807, 2.05) is 6.92 Å². The molecule has 108 valence electrons. The zero-order valence-corrected chi connectivity index (χ0v) is 12.8. The number of hydrogen-bond donors (Lipinski definition) is 1. The number of rotatable bonds is 6. The normalized spacial score (nSPS) is 13.1. The fourth-order valence-corrected chi connectivity index (χ4v) is 2.27. The first-order chi connectivity index (χ1) is 9.60. The molecule has 0 aliphatic heterocycles. The van der Waals surface area contributed by atoms with Crippen LogP contribution in [0.2, 0.25) is 0 Å². The molecule has 3 nitrogen and oxygen atoms in total. The van der Waals surface area contributed by atoms with Gasteiger partial charge in [0.2, 0.25) is 0 Å². The first-order valence-corrected chi connectivity index (χ1v) is 7.32. The predicted molar refractivity (Wildman–Crippen MR) is 84.0 cm³/mol. The molecule has 0 saturated carbocycles. The van der Waals surface area contributed by atoms with Gasteiger partial charge >= 0.3 is 0 Å². The number of benzene rings is 1. The summed E-state index contributed by atoms with van der Waals surface area (Å²) in [4.78, 5) is 4.54. The standard InChI is InChI=1S/C17H24N2O/c1-5-18-17(11-20-12(2)3)15-8-9-16-14(10-15)7-6-13(4)19-16/h6-10,12,17-18H,5,11H2,1-4H3. The molecule has 1 atom stereocenters. The highest BCUT2D eigenvalue weighted by atomic mass is 16.5. The summed E-state index contributed by atoms with van der Waals surface area (Å²) in [6, 6.07) is 10.9. The number of nitrogens with one attached hydrogen (secondary N) is 1. The van der Waals surface area contributed by atoms with E-state index in [2.05, 4.69) is 61.4 Å². The lowest BCUT2D eigenvalue weighted by Gasteiger charge is -2.20. The van der Waals surface area contributed by atoms with Gasteiger partial charge in [-0.05, 0) is 51.1 Å². The average molecular weight is 272 g/mol. The number of aryl methyl sites for hydroxylation is 1. The van der Waals surface area contributed by atoms with Crippen LogP contribution < -0.4 is 5.32 Å². The summed E-state index contributed by atoms with van der Waals surface area (Å²) in [5.41, 5.74) is 3.36. The van der Waals surface area contributed by atoms with Crippen LogP contribution in [0.25, 0.3) is 10.9 Å². The quantitative estimate of drug-likeness (QED) is 0.872. The molecule has 0 bridgehead atoms. The van der Waals surface area contributed by atoms with Crippen LogP contribution in [0, 0.1) is 6.92 Å². The molecule has 0 aliphatic carbocycles. The maximum atomic E-state index is 5.76. The molecule has 1 aromatic heterocycles. The zero-order valence-electron chi connectivity index (χ0n) is 12.8. The Balaban J connectivity index is 2.25. The van der Waals surface area contributed by atoms with E-state index in [1.165, 1.54) is 10.9 Å². The molecule has 1 heterocycles. The van der Waals surface area contributed by atoms with Crippen molar-refractivity contribution in [3.8, 4) is 0 Å². The SMILES string of the molecule is CCNC(COC(C)C)c1ccc2nc(C)ccc2c1. The molecule has 0 spiro atoms. The van der Waals surface area contributed by atoms with E-state index in [1.54, 1.807) is 0 Å². The second kappa shape index (κ2) is 6.82. The summed E-state index contributed by atoms with van der Waals surface area (Å²) in [6.07, 6.45) is 0.251. The molecule has 1 unspecified atom stereocenters. The van der Waals surface area contributed by atoms with Crippen molar-refractivity contribution in [2.45, 2.75) is 39.8 Å². The van der Waals surface area contributed by atoms with Crippen molar-refractivity contribution in [3.63, 3.8) is 0 Å². The van der Waals surface area contributed by atoms with Crippen LogP contribution in [0.4, 0.5) is 0 Å². The molecular weight excluding hydrogens is 248 g/mol. The number of ether oxygens (including phenoxy) is 1. The van der Waals surface area contributed by atoms with Crippen LogP contribution in [0.1, 0.15) is 38.1 Å². The third kappa shape index (κ3) is 3.78. The number of nitrogens with zero attached hydrogens (tertiary/aromatic N) is 1. The van der Waals surface area contributed by atoms with E-state index in [-0.39, 0.29) is 12.1 Å². The highest BCUT2D eigenvalue weighted by Gasteiger charge is 2.12. The van der Waals surface area contributed by atoms with Gasteiger partial charge in [0.05, 0.1) is 24.3 Å². The molecule has 0 saturated heterocycles. The number of fused-ring (bicyclic) bond motifs is 1. The summed E-state index contributed by atoms with van der Waals surface area (Å²) in [5, 5.41) is 4.67. The Morgan fingerprint density at radius 3 is 2.70 bits per heavy atom. The topological polar surface area (TPSA) is 34.1 Å². The number of likely N-dealkylation sites (N-methyl/N-ethyl adjacent to an activating group) is 1. The molecule has 0 aliphatic rings. The molecule has 0 amide bonds. The lowest BCUT2D eigenvalue weighted by molar-refractivity contribution is 0.0614. The number of pyridine rings is 1. The van der Waals surface area contributed by atoms with Gasteiger partial charge < -0.3 is 10.1 Å². The monoisotopic (exact) mass is 272 g/mol. The Morgan fingerprint density at radius 2 is 2.00 bits per heavy atom. The first-order valence-electron chi connectivity index (χ1n) is 7.32. The minimum Gasteiger partial charge on any atom is -0.377 e. The predicted octanol–water partition coefficient (Wildman–Crippen LogP) is 3.62. The Bertz CT molecular complexity index is 566. The van der Waals surface area contributed by atoms with Gasteiger partial charge in [0.15, 0.2) is 0 Å². The second-order valence-corrected chi connectivity index (χ2v) is 5.40. The highest BCUT2D eigenvalue weighted by Crippen LogP contribution is 2.20. The Kier molecular flexibility index (Phi) is 5.10. The van der Waals surface area contributed by atoms with Crippen LogP contribution in [-0.2, 0) is 4.74 Å². The minimum absolute atomic E-state index is 0.230. The van der Waals surface area contributed by atoms with Crippen molar-refractivity contribution in [2.24, 2.45) is 0 Å². The lowest BCUT2D eigenvalue weighted by atomic mass is 10.0. The summed E-state index contributed by atoms with van der Waals surface area (Å²) in [6.45, 7) is 9.89. The first kappa shape index (κ1) is 14.9. The Hall–Kier alpha value is -1.45. The van der Waals surface area contributed by atoms with Gasteiger partial charge in [-0.1, -0.05) is 19.1 Å². The molecule has 1 aromatic carbocycles. The maximum Gasteiger partial charge on any atom is 0.0705 e. The molecular formula is C17H24N2O. The fourth-order valence-electron chi connectivity index (χ4n) is 2.27. The van der Waals surface area contributed by atoms with Crippen LogP contribution in [-0.4, -0.2) is 24.2 Å². The zero-order chi connectivity index (χ0) is 14.5. The van der Waals surface area contributed by atoms with E-state index < -0.39 is 0 Å². The van der Waals surface area contributed by atoms with Crippen LogP contribution in [0.3, 0.4) is 0 Å². The number of hydrogen-bond acceptors (Lipinski definition) is 3. The van der Waals surface area contributed by atoms with Crippen LogP contribution in [0.15, 0.2) is 30.3 Å². The van der Waals surface area contributed by atoms with E-state index in [0.717, 1.165) is 17.8 Å². The maximum absolute atomic E-state index is 5.76. The Morgan fingerprint density at radius 1 is 1.20 bits per heavy atom. The number of aromatic nitrogens is 1. The van der Waals surface area contributed by atoms with Gasteiger partial charge in [-0.3, -0.25) is 4.98 Å². The molecule has 3 heteroatoms. The summed E-state index contributed by atoms with van der Waals surface area (Å²) in [5.74, 6) is 0. The van der Waals surface area contributed by atoms with Crippen molar-refractivity contribution in [1.29, 1.82) is 0 Å². The van der Waals surface area contributed by atoms with E-state index >= 15 is 0 Å². The van der Waals surface area contributed by atoms with Gasteiger partial charge in [0.1, 0.15) is 0 Å². The Labute approximate surface area is 121 Å². The third-order valence-electron chi connectivity index (χ3n) is 3.30. The van der Waals surface area contributed by atoms with E-state index in [0.29, 0.717) is 6.61 Å². The molecule has 2 aromatic rings. The van der Waals surface area contributed by atoms with Crippen LogP contribution in [0.5, 0.6) is 0 Å². The van der Waals surface area contributed by atoms with Crippen molar-refractivity contribution < 1.29 is 4.74 Å². The van der Waals surface area contributed by atoms with Crippen molar-refractivity contribution >= 4 is 10.9 Å². The van der Waals surface area contributed by atoms with Crippen LogP contribution >= 0.6 is 0 Å². The van der Waals surface area contributed by atoms with Crippen molar-refractivity contribution in [3.05, 3.63) is 41.6 Å². The summed E-state index contributed by atoms with van der Waals surface area (Å²) >= 11 is 0. The molecule has 0 radical (unpaired) electrons. The lowest BCUT2D eigenvalue weighted by Crippen LogP contribution is -2.26. The molecule has 2 rings (SSSR count). The highest BCUT2D eigenvalue weighted by molar-refractivity contribution is 5.79. The average Bonchev–Trinajstić information content (AvgIpc) is 2.42. The van der Waals surface area contributed by atoms with Gasteiger partial charge in [-0.25, -0.2) is 0 Å². The largest absolute Gasteiger partial charge is 0.377 e. The molecule has 0 fully saturated rings. The van der Waals surface area contributed by atoms with Crippen molar-refractivity contribution in [2.75, 3.05) is 13.2 Å². The van der Waals surface area contributed by atoms with E-state index in [9.17, 15) is 0 Å². The fraction of sp³-hybridized carbons (Fsp3) is 0.471. The van der Waals surface area contributed by atoms with E-state index in [4.69, 9.17) is 4.74 Å². The van der Waals surface area contributed by atoms with Gasteiger partial charge in [-0.2, -0.15) is 0 Å². The molecule has 20 heavy (non-hydrogen) atoms. The smallest absolute Gasteiger partial charge is 0.0705 e. The molecule has 1 N–H and O–H groups in total. The van der Waals surface area contributed by atoms with Gasteiger partial charge in [-0.15, -0.1) is 0 Å². The summed E-state index contributed by atoms with van der Waals surface area (Å²) in [7, 11) is 0. The minimum atomic E-state index is 0.230. The van der Waals surface area contributed by atoms with Gasteiger partial charge in [0.25, 0.3) is 0 Å². The van der Waals surface area contributed by atoms with Gasteiger partial charge in [0, 0.05) is 11.1 Å². The third-order valence-corrected chi connectivity index (χ3v) is 3.30.